The van der Waals surface area contributed by atoms with E-state index < -0.39 is 4.92 Å². The number of para-hydroxylation sites is 1. The molecule has 0 fully saturated rings. The number of nitro benzene ring substituents is 1. The van der Waals surface area contributed by atoms with Crippen molar-refractivity contribution in [3.05, 3.63) is 62.8 Å². The Kier molecular flexibility index (Phi) is 2.78. The molecule has 0 amide bonds. The predicted octanol–water partition coefficient (Wildman–Crippen LogP) is 1.14. The molecule has 0 saturated carbocycles. The first-order valence-corrected chi connectivity index (χ1v) is 5.03. The molecule has 2 rings (SSSR count). The summed E-state index contributed by atoms with van der Waals surface area (Å²) in [5.41, 5.74) is 0.359. The molecule has 1 aromatic carbocycles. The third-order valence-electron chi connectivity index (χ3n) is 2.55. The molecule has 0 aliphatic rings. The van der Waals surface area contributed by atoms with Crippen molar-refractivity contribution in [1.29, 1.82) is 0 Å². The zero-order chi connectivity index (χ0) is 12.4. The van der Waals surface area contributed by atoms with Gasteiger partial charge in [-0.3, -0.25) is 14.7 Å². The van der Waals surface area contributed by atoms with Gasteiger partial charge in [0.05, 0.1) is 11.5 Å². The van der Waals surface area contributed by atoms with E-state index in [1.165, 1.54) is 15.2 Å². The number of nitrogens with zero attached hydrogens (tertiary/aromatic N) is 3. The van der Waals surface area contributed by atoms with Crippen LogP contribution in [0.1, 0.15) is 5.56 Å². The van der Waals surface area contributed by atoms with Crippen LogP contribution in [0, 0.1) is 10.1 Å². The summed E-state index contributed by atoms with van der Waals surface area (Å²) in [6.45, 7) is 0.205. The molecule has 17 heavy (non-hydrogen) atoms. The molecule has 0 atom stereocenters. The molecule has 0 aliphatic heterocycles. The van der Waals surface area contributed by atoms with Crippen molar-refractivity contribution in [3.8, 4) is 0 Å². The first-order valence-electron chi connectivity index (χ1n) is 5.03. The third kappa shape index (κ3) is 2.10. The Bertz CT molecular complexity index is 612. The van der Waals surface area contributed by atoms with Gasteiger partial charge in [0.15, 0.2) is 0 Å². The van der Waals surface area contributed by atoms with Crippen LogP contribution in [0.4, 0.5) is 5.69 Å². The van der Waals surface area contributed by atoms with Crippen molar-refractivity contribution in [2.45, 2.75) is 6.54 Å². The number of aryl methyl sites for hydroxylation is 1. The summed E-state index contributed by atoms with van der Waals surface area (Å²) in [6.07, 6.45) is 3.23. The van der Waals surface area contributed by atoms with E-state index in [0.717, 1.165) is 0 Å². The number of benzene rings is 1. The highest BCUT2D eigenvalue weighted by molar-refractivity contribution is 5.39. The van der Waals surface area contributed by atoms with Gasteiger partial charge >= 0.3 is 5.69 Å². The van der Waals surface area contributed by atoms with E-state index in [-0.39, 0.29) is 17.9 Å². The van der Waals surface area contributed by atoms with Gasteiger partial charge in [-0.25, -0.2) is 4.79 Å². The topological polar surface area (TPSA) is 70.1 Å². The van der Waals surface area contributed by atoms with E-state index in [9.17, 15) is 14.9 Å². The molecule has 0 spiro atoms. The van der Waals surface area contributed by atoms with Crippen LogP contribution >= 0.6 is 0 Å². The first-order chi connectivity index (χ1) is 8.09. The van der Waals surface area contributed by atoms with E-state index in [2.05, 4.69) is 0 Å². The summed E-state index contributed by atoms with van der Waals surface area (Å²) in [5.74, 6) is 0. The maximum absolute atomic E-state index is 11.6. The van der Waals surface area contributed by atoms with E-state index in [1.807, 2.05) is 0 Å². The normalized spacial score (nSPS) is 10.4. The Morgan fingerprint density at radius 1 is 1.29 bits per heavy atom. The number of hydrogen-bond donors (Lipinski definition) is 0. The average molecular weight is 233 g/mol. The number of nitro groups is 1. The van der Waals surface area contributed by atoms with Crippen molar-refractivity contribution in [2.75, 3.05) is 0 Å². The van der Waals surface area contributed by atoms with E-state index in [0.29, 0.717) is 5.56 Å². The molecule has 1 aromatic heterocycles. The quantitative estimate of drug-likeness (QED) is 0.589. The van der Waals surface area contributed by atoms with Crippen molar-refractivity contribution < 1.29 is 4.92 Å². The van der Waals surface area contributed by atoms with Gasteiger partial charge in [0, 0.05) is 31.1 Å². The monoisotopic (exact) mass is 233 g/mol. The van der Waals surface area contributed by atoms with Crippen molar-refractivity contribution in [3.63, 3.8) is 0 Å². The molecular weight excluding hydrogens is 222 g/mol. The molecule has 0 radical (unpaired) electrons. The molecule has 0 N–H and O–H groups in total. The second kappa shape index (κ2) is 4.25. The second-order valence-corrected chi connectivity index (χ2v) is 3.71. The number of hydrogen-bond acceptors (Lipinski definition) is 3. The van der Waals surface area contributed by atoms with Crippen LogP contribution in [-0.4, -0.2) is 14.1 Å². The van der Waals surface area contributed by atoms with Gasteiger partial charge in [0.1, 0.15) is 0 Å². The minimum atomic E-state index is -0.441. The summed E-state index contributed by atoms with van der Waals surface area (Å²) in [6, 6.07) is 6.41. The molecule has 0 aliphatic carbocycles. The summed E-state index contributed by atoms with van der Waals surface area (Å²) in [7, 11) is 1.64. The predicted molar refractivity (Wildman–Crippen MR) is 61.9 cm³/mol. The molecule has 0 unspecified atom stereocenters. The van der Waals surface area contributed by atoms with Crippen molar-refractivity contribution >= 4 is 5.69 Å². The molecular formula is C11H11N3O3. The highest BCUT2D eigenvalue weighted by Crippen LogP contribution is 2.17. The SMILES string of the molecule is Cn1ccn(Cc2ccccc2[N+](=O)[O-])c1=O. The number of aromatic nitrogens is 2. The van der Waals surface area contributed by atoms with Crippen LogP contribution in [0.5, 0.6) is 0 Å². The lowest BCUT2D eigenvalue weighted by Gasteiger charge is -2.02. The third-order valence-corrected chi connectivity index (χ3v) is 2.55. The molecule has 0 bridgehead atoms. The van der Waals surface area contributed by atoms with Crippen molar-refractivity contribution in [1.82, 2.24) is 9.13 Å². The van der Waals surface area contributed by atoms with Crippen LogP contribution in [-0.2, 0) is 13.6 Å². The Morgan fingerprint density at radius 2 is 2.00 bits per heavy atom. The molecule has 0 saturated heterocycles. The standard InChI is InChI=1S/C11H11N3O3/c1-12-6-7-13(11(12)15)8-9-4-2-3-5-10(9)14(16)17/h2-7H,8H2,1H3. The van der Waals surface area contributed by atoms with Crippen molar-refractivity contribution in [2.24, 2.45) is 7.05 Å². The molecule has 6 heteroatoms. The molecule has 2 aromatic rings. The maximum Gasteiger partial charge on any atom is 0.328 e. The lowest BCUT2D eigenvalue weighted by atomic mass is 10.2. The number of rotatable bonds is 3. The lowest BCUT2D eigenvalue weighted by molar-refractivity contribution is -0.385. The highest BCUT2D eigenvalue weighted by atomic mass is 16.6. The Morgan fingerprint density at radius 3 is 2.59 bits per heavy atom. The summed E-state index contributed by atoms with van der Waals surface area (Å²) < 4.78 is 2.86. The Balaban J connectivity index is 2.40. The van der Waals surface area contributed by atoms with Crippen LogP contribution in [0.15, 0.2) is 41.5 Å². The molecule has 6 nitrogen and oxygen atoms in total. The smallest absolute Gasteiger partial charge is 0.302 e. The van der Waals surface area contributed by atoms with Gasteiger partial charge in [0.25, 0.3) is 5.69 Å². The van der Waals surface area contributed by atoms with Gasteiger partial charge < -0.3 is 4.57 Å². The van der Waals surface area contributed by atoms with E-state index >= 15 is 0 Å². The lowest BCUT2D eigenvalue weighted by Crippen LogP contribution is -2.22. The number of imidazole rings is 1. The van der Waals surface area contributed by atoms with Gasteiger partial charge in [-0.2, -0.15) is 0 Å². The highest BCUT2D eigenvalue weighted by Gasteiger charge is 2.13. The van der Waals surface area contributed by atoms with E-state index in [1.54, 1.807) is 37.6 Å². The molecule has 88 valence electrons. The fourth-order valence-corrected chi connectivity index (χ4v) is 1.64. The Labute approximate surface area is 96.9 Å². The zero-order valence-corrected chi connectivity index (χ0v) is 9.24. The van der Waals surface area contributed by atoms with Gasteiger partial charge in [-0.1, -0.05) is 18.2 Å². The summed E-state index contributed by atoms with van der Waals surface area (Å²) in [4.78, 5) is 22.0. The second-order valence-electron chi connectivity index (χ2n) is 3.71. The summed E-state index contributed by atoms with van der Waals surface area (Å²) in [5, 5.41) is 10.8. The average Bonchev–Trinajstić information content (AvgIpc) is 2.61. The van der Waals surface area contributed by atoms with Gasteiger partial charge in [-0.15, -0.1) is 0 Å². The van der Waals surface area contributed by atoms with Gasteiger partial charge in [-0.05, 0) is 0 Å². The zero-order valence-electron chi connectivity index (χ0n) is 9.24. The fraction of sp³-hybridized carbons (Fsp3) is 0.182. The summed E-state index contributed by atoms with van der Waals surface area (Å²) >= 11 is 0. The largest absolute Gasteiger partial charge is 0.328 e. The van der Waals surface area contributed by atoms with Crippen LogP contribution in [0.2, 0.25) is 0 Å². The Hall–Kier alpha value is -2.37. The van der Waals surface area contributed by atoms with Crippen LogP contribution in [0.25, 0.3) is 0 Å². The molecule has 1 heterocycles. The van der Waals surface area contributed by atoms with Crippen LogP contribution in [0.3, 0.4) is 0 Å². The van der Waals surface area contributed by atoms with Crippen LogP contribution < -0.4 is 5.69 Å². The van der Waals surface area contributed by atoms with E-state index in [4.69, 9.17) is 0 Å². The first kappa shape index (κ1) is 11.1. The minimum Gasteiger partial charge on any atom is -0.302 e. The fourth-order valence-electron chi connectivity index (χ4n) is 1.64. The minimum absolute atomic E-state index is 0.0308. The van der Waals surface area contributed by atoms with Gasteiger partial charge in [0.2, 0.25) is 0 Å². The maximum atomic E-state index is 11.6.